The molecule has 0 radical (unpaired) electrons. The van der Waals surface area contributed by atoms with Gasteiger partial charge < -0.3 is 9.52 Å². The second-order valence-corrected chi connectivity index (χ2v) is 4.83. The van der Waals surface area contributed by atoms with E-state index in [0.29, 0.717) is 12.3 Å². The highest BCUT2D eigenvalue weighted by molar-refractivity contribution is 5.14. The quantitative estimate of drug-likeness (QED) is 0.748. The van der Waals surface area contributed by atoms with Crippen LogP contribution in [0, 0.1) is 0 Å². The second kappa shape index (κ2) is 7.68. The predicted molar refractivity (Wildman–Crippen MR) is 80.2 cm³/mol. The van der Waals surface area contributed by atoms with Gasteiger partial charge in [0.1, 0.15) is 11.9 Å². The van der Waals surface area contributed by atoms with Crippen molar-refractivity contribution in [2.75, 3.05) is 13.1 Å². The van der Waals surface area contributed by atoms with Crippen molar-refractivity contribution in [1.82, 2.24) is 4.90 Å². The molecule has 0 fully saturated rings. The van der Waals surface area contributed by atoms with Gasteiger partial charge in [0.05, 0.1) is 6.26 Å². The lowest BCUT2D eigenvalue weighted by atomic mass is 10.2. The Bertz CT molecular complexity index is 493. The number of furan rings is 1. The van der Waals surface area contributed by atoms with Crippen LogP contribution in [-0.2, 0) is 6.54 Å². The van der Waals surface area contributed by atoms with Gasteiger partial charge in [-0.25, -0.2) is 0 Å². The molecule has 1 aromatic carbocycles. The molecule has 1 aromatic heterocycles. The molecular weight excluding hydrogens is 250 g/mol. The Morgan fingerprint density at radius 1 is 1.20 bits per heavy atom. The van der Waals surface area contributed by atoms with Crippen molar-refractivity contribution in [1.29, 1.82) is 0 Å². The van der Waals surface area contributed by atoms with Gasteiger partial charge in [-0.1, -0.05) is 36.4 Å². The van der Waals surface area contributed by atoms with Crippen molar-refractivity contribution in [3.8, 4) is 0 Å². The maximum atomic E-state index is 10.2. The van der Waals surface area contributed by atoms with Gasteiger partial charge in [-0.15, -0.1) is 6.58 Å². The first-order valence-corrected chi connectivity index (χ1v) is 6.88. The normalized spacial score (nSPS) is 12.5. The van der Waals surface area contributed by atoms with Crippen LogP contribution in [0.25, 0.3) is 0 Å². The number of nitrogens with zero attached hydrogens (tertiary/aromatic N) is 1. The summed E-state index contributed by atoms with van der Waals surface area (Å²) >= 11 is 0. The highest BCUT2D eigenvalue weighted by Crippen LogP contribution is 2.16. The Kier molecular flexibility index (Phi) is 5.59. The molecule has 3 heteroatoms. The average molecular weight is 271 g/mol. The molecular formula is C17H21NO2. The molecule has 0 aliphatic carbocycles. The van der Waals surface area contributed by atoms with E-state index in [1.807, 2.05) is 24.3 Å². The van der Waals surface area contributed by atoms with Gasteiger partial charge in [0, 0.05) is 19.6 Å². The van der Waals surface area contributed by atoms with Crippen LogP contribution < -0.4 is 0 Å². The summed E-state index contributed by atoms with van der Waals surface area (Å²) in [6, 6.07) is 13.9. The van der Waals surface area contributed by atoms with Gasteiger partial charge in [-0.3, -0.25) is 4.90 Å². The van der Waals surface area contributed by atoms with Crippen LogP contribution in [0.5, 0.6) is 0 Å². The minimum atomic E-state index is -0.599. The fourth-order valence-electron chi connectivity index (χ4n) is 2.17. The fraction of sp³-hybridized carbons (Fsp3) is 0.294. The second-order valence-electron chi connectivity index (χ2n) is 4.83. The summed E-state index contributed by atoms with van der Waals surface area (Å²) < 4.78 is 5.25. The van der Waals surface area contributed by atoms with E-state index in [1.54, 1.807) is 18.4 Å². The Morgan fingerprint density at radius 3 is 2.65 bits per heavy atom. The zero-order chi connectivity index (χ0) is 14.2. The van der Waals surface area contributed by atoms with E-state index >= 15 is 0 Å². The topological polar surface area (TPSA) is 36.6 Å². The number of rotatable bonds is 8. The van der Waals surface area contributed by atoms with Crippen LogP contribution in [0.1, 0.15) is 23.8 Å². The molecule has 0 aliphatic heterocycles. The molecule has 106 valence electrons. The first-order chi connectivity index (χ1) is 9.79. The van der Waals surface area contributed by atoms with E-state index < -0.39 is 6.10 Å². The third-order valence-electron chi connectivity index (χ3n) is 3.20. The SMILES string of the molecule is C=CCCN(Cc1ccccc1)CC(O)c1ccco1. The van der Waals surface area contributed by atoms with Crippen molar-refractivity contribution in [2.45, 2.75) is 19.1 Å². The van der Waals surface area contributed by atoms with E-state index in [-0.39, 0.29) is 0 Å². The van der Waals surface area contributed by atoms with Crippen molar-refractivity contribution in [2.24, 2.45) is 0 Å². The molecule has 0 spiro atoms. The van der Waals surface area contributed by atoms with Crippen LogP contribution in [0.3, 0.4) is 0 Å². The van der Waals surface area contributed by atoms with E-state index in [9.17, 15) is 5.11 Å². The predicted octanol–water partition coefficient (Wildman–Crippen LogP) is 3.39. The number of benzene rings is 1. The smallest absolute Gasteiger partial charge is 0.133 e. The van der Waals surface area contributed by atoms with Crippen LogP contribution in [0.2, 0.25) is 0 Å². The molecule has 2 rings (SSSR count). The van der Waals surface area contributed by atoms with Crippen molar-refractivity contribution >= 4 is 0 Å². The summed E-state index contributed by atoms with van der Waals surface area (Å²) in [7, 11) is 0. The van der Waals surface area contributed by atoms with E-state index in [4.69, 9.17) is 4.42 Å². The molecule has 1 unspecified atom stereocenters. The summed E-state index contributed by atoms with van der Waals surface area (Å²) in [5.74, 6) is 0.613. The highest BCUT2D eigenvalue weighted by Gasteiger charge is 2.15. The summed E-state index contributed by atoms with van der Waals surface area (Å²) in [5.41, 5.74) is 1.24. The molecule has 1 heterocycles. The molecule has 0 saturated heterocycles. The number of aliphatic hydroxyl groups excluding tert-OH is 1. The lowest BCUT2D eigenvalue weighted by molar-refractivity contribution is 0.0917. The maximum absolute atomic E-state index is 10.2. The van der Waals surface area contributed by atoms with Crippen molar-refractivity contribution in [3.63, 3.8) is 0 Å². The van der Waals surface area contributed by atoms with Gasteiger partial charge in [-0.05, 0) is 24.1 Å². The highest BCUT2D eigenvalue weighted by atomic mass is 16.4. The monoisotopic (exact) mass is 271 g/mol. The zero-order valence-corrected chi connectivity index (χ0v) is 11.6. The first-order valence-electron chi connectivity index (χ1n) is 6.88. The molecule has 0 bridgehead atoms. The lowest BCUT2D eigenvalue weighted by Gasteiger charge is -2.24. The molecule has 2 aromatic rings. The summed E-state index contributed by atoms with van der Waals surface area (Å²) in [5, 5.41) is 10.2. The maximum Gasteiger partial charge on any atom is 0.133 e. The molecule has 0 saturated carbocycles. The minimum absolute atomic E-state index is 0.552. The molecule has 1 atom stereocenters. The van der Waals surface area contributed by atoms with Gasteiger partial charge in [0.2, 0.25) is 0 Å². The first kappa shape index (κ1) is 14.6. The molecule has 0 aliphatic rings. The third-order valence-corrected chi connectivity index (χ3v) is 3.20. The van der Waals surface area contributed by atoms with Crippen molar-refractivity contribution in [3.05, 3.63) is 72.7 Å². The summed E-state index contributed by atoms with van der Waals surface area (Å²) in [6.07, 6.45) is 3.79. The summed E-state index contributed by atoms with van der Waals surface area (Å²) in [4.78, 5) is 2.21. The Hall–Kier alpha value is -1.84. The lowest BCUT2D eigenvalue weighted by Crippen LogP contribution is -2.29. The molecule has 3 nitrogen and oxygen atoms in total. The Balaban J connectivity index is 1.97. The van der Waals surface area contributed by atoms with Gasteiger partial charge in [0.15, 0.2) is 0 Å². The largest absolute Gasteiger partial charge is 0.467 e. The van der Waals surface area contributed by atoms with E-state index in [2.05, 4.69) is 23.6 Å². The third kappa shape index (κ3) is 4.37. The average Bonchev–Trinajstić information content (AvgIpc) is 3.00. The standard InChI is InChI=1S/C17H21NO2/c1-2-3-11-18(13-15-8-5-4-6-9-15)14-16(19)17-10-7-12-20-17/h2,4-10,12,16,19H,1,3,11,13-14H2. The van der Waals surface area contributed by atoms with E-state index in [1.165, 1.54) is 5.56 Å². The Labute approximate surface area is 120 Å². The summed E-state index contributed by atoms with van der Waals surface area (Å²) in [6.45, 7) is 6.00. The number of hydrogen-bond acceptors (Lipinski definition) is 3. The van der Waals surface area contributed by atoms with E-state index in [0.717, 1.165) is 19.5 Å². The molecule has 20 heavy (non-hydrogen) atoms. The van der Waals surface area contributed by atoms with Crippen LogP contribution >= 0.6 is 0 Å². The van der Waals surface area contributed by atoms with Crippen LogP contribution in [0.4, 0.5) is 0 Å². The molecule has 1 N–H and O–H groups in total. The van der Waals surface area contributed by atoms with Gasteiger partial charge in [-0.2, -0.15) is 0 Å². The van der Waals surface area contributed by atoms with Crippen molar-refractivity contribution < 1.29 is 9.52 Å². The zero-order valence-electron chi connectivity index (χ0n) is 11.6. The number of hydrogen-bond donors (Lipinski definition) is 1. The van der Waals surface area contributed by atoms with Crippen LogP contribution in [-0.4, -0.2) is 23.1 Å². The Morgan fingerprint density at radius 2 is 2.00 bits per heavy atom. The fourth-order valence-corrected chi connectivity index (χ4v) is 2.17. The number of aliphatic hydroxyl groups is 1. The van der Waals surface area contributed by atoms with Gasteiger partial charge >= 0.3 is 0 Å². The van der Waals surface area contributed by atoms with Gasteiger partial charge in [0.25, 0.3) is 0 Å². The molecule has 0 amide bonds. The minimum Gasteiger partial charge on any atom is -0.467 e. The van der Waals surface area contributed by atoms with Crippen LogP contribution in [0.15, 0.2) is 65.8 Å².